The third-order valence-electron chi connectivity index (χ3n) is 3.82. The number of amides is 3. The molecule has 24 heavy (non-hydrogen) atoms. The van der Waals surface area contributed by atoms with E-state index in [2.05, 4.69) is 5.32 Å². The zero-order chi connectivity index (χ0) is 17.7. The van der Waals surface area contributed by atoms with E-state index in [4.69, 9.17) is 10.5 Å². The summed E-state index contributed by atoms with van der Waals surface area (Å²) < 4.78 is 5.19. The molecule has 7 heteroatoms. The van der Waals surface area contributed by atoms with Crippen LogP contribution in [0.25, 0.3) is 10.8 Å². The van der Waals surface area contributed by atoms with E-state index in [1.807, 2.05) is 36.4 Å². The lowest BCUT2D eigenvalue weighted by Crippen LogP contribution is -2.39. The van der Waals surface area contributed by atoms with Crippen LogP contribution >= 0.6 is 0 Å². The molecule has 0 aliphatic heterocycles. The molecule has 0 saturated carbocycles. The summed E-state index contributed by atoms with van der Waals surface area (Å²) >= 11 is 0. The molecule has 1 unspecified atom stereocenters. The molecule has 0 aromatic heterocycles. The van der Waals surface area contributed by atoms with Gasteiger partial charge in [-0.25, -0.2) is 9.86 Å². The van der Waals surface area contributed by atoms with E-state index in [0.29, 0.717) is 5.06 Å². The van der Waals surface area contributed by atoms with Crippen LogP contribution in [0.5, 0.6) is 5.75 Å². The molecule has 0 bridgehead atoms. The number of ether oxygens (including phenoxy) is 1. The average molecular weight is 331 g/mol. The number of hydrogen-bond donors (Lipinski definition) is 3. The Labute approximate surface area is 140 Å². The second-order valence-corrected chi connectivity index (χ2v) is 5.45. The van der Waals surface area contributed by atoms with Crippen LogP contribution in [0, 0.1) is 0 Å². The number of fused-ring (bicyclic) bond motifs is 1. The maximum absolute atomic E-state index is 12.3. The number of nitrogens with two attached hydrogens (primary N) is 1. The summed E-state index contributed by atoms with van der Waals surface area (Å²) in [5.74, 6) is -0.202. The number of urea groups is 1. The minimum atomic E-state index is -0.700. The normalized spacial score (nSPS) is 11.8. The Kier molecular flexibility index (Phi) is 5.59. The van der Waals surface area contributed by atoms with Crippen molar-refractivity contribution in [1.29, 1.82) is 0 Å². The first-order chi connectivity index (χ1) is 11.4. The molecular weight excluding hydrogens is 310 g/mol. The lowest BCUT2D eigenvalue weighted by atomic mass is 9.97. The highest BCUT2D eigenvalue weighted by molar-refractivity contribution is 5.88. The molecule has 0 fully saturated rings. The van der Waals surface area contributed by atoms with Crippen LogP contribution in [0.15, 0.2) is 36.4 Å². The molecule has 0 aliphatic carbocycles. The number of nitrogens with zero attached hydrogens (tertiary/aromatic N) is 1. The molecule has 3 amide bonds. The number of primary amides is 1. The van der Waals surface area contributed by atoms with E-state index in [0.717, 1.165) is 22.1 Å². The van der Waals surface area contributed by atoms with Gasteiger partial charge in [0.2, 0.25) is 0 Å². The zero-order valence-corrected chi connectivity index (χ0v) is 13.7. The fraction of sp³-hybridized carbons (Fsp3) is 0.294. The van der Waals surface area contributed by atoms with Crippen molar-refractivity contribution in [3.05, 3.63) is 42.0 Å². The third kappa shape index (κ3) is 4.14. The van der Waals surface area contributed by atoms with Gasteiger partial charge in [-0.2, -0.15) is 0 Å². The SMILES string of the molecule is COc1ccc2cc(C(C)C(=O)N(O)CCNC(N)=O)ccc2c1. The second kappa shape index (κ2) is 7.65. The Morgan fingerprint density at radius 3 is 2.58 bits per heavy atom. The van der Waals surface area contributed by atoms with Gasteiger partial charge in [-0.3, -0.25) is 10.0 Å². The van der Waals surface area contributed by atoms with Crippen LogP contribution < -0.4 is 15.8 Å². The van der Waals surface area contributed by atoms with E-state index in [1.54, 1.807) is 14.0 Å². The summed E-state index contributed by atoms with van der Waals surface area (Å²) in [6.45, 7) is 1.77. The van der Waals surface area contributed by atoms with Crippen molar-refractivity contribution in [1.82, 2.24) is 10.4 Å². The van der Waals surface area contributed by atoms with Crippen LogP contribution in [0.4, 0.5) is 4.79 Å². The second-order valence-electron chi connectivity index (χ2n) is 5.45. The molecular formula is C17H21N3O4. The quantitative estimate of drug-likeness (QED) is 0.555. The molecule has 2 rings (SSSR count). The van der Waals surface area contributed by atoms with Crippen molar-refractivity contribution in [2.45, 2.75) is 12.8 Å². The number of rotatable bonds is 6. The molecule has 0 saturated heterocycles. The van der Waals surface area contributed by atoms with Crippen LogP contribution in [0.1, 0.15) is 18.4 Å². The van der Waals surface area contributed by atoms with Crippen molar-refractivity contribution in [2.75, 3.05) is 20.2 Å². The third-order valence-corrected chi connectivity index (χ3v) is 3.82. The molecule has 0 spiro atoms. The summed E-state index contributed by atoms with van der Waals surface area (Å²) in [5.41, 5.74) is 5.73. The van der Waals surface area contributed by atoms with Gasteiger partial charge in [-0.1, -0.05) is 24.3 Å². The van der Waals surface area contributed by atoms with Crippen LogP contribution in [0.2, 0.25) is 0 Å². The maximum Gasteiger partial charge on any atom is 0.312 e. The summed E-state index contributed by atoms with van der Waals surface area (Å²) in [6, 6.07) is 10.7. The van der Waals surface area contributed by atoms with Crippen LogP contribution in [-0.4, -0.2) is 42.4 Å². The first-order valence-electron chi connectivity index (χ1n) is 7.53. The van der Waals surface area contributed by atoms with Gasteiger partial charge < -0.3 is 15.8 Å². The summed E-state index contributed by atoms with van der Waals surface area (Å²) in [6.07, 6.45) is 0. The molecule has 0 heterocycles. The Hall–Kier alpha value is -2.80. The smallest absolute Gasteiger partial charge is 0.312 e. The largest absolute Gasteiger partial charge is 0.497 e. The van der Waals surface area contributed by atoms with E-state index in [-0.39, 0.29) is 13.1 Å². The number of methoxy groups -OCH3 is 1. The highest BCUT2D eigenvalue weighted by Gasteiger charge is 2.21. The minimum Gasteiger partial charge on any atom is -0.497 e. The van der Waals surface area contributed by atoms with E-state index >= 15 is 0 Å². The lowest BCUT2D eigenvalue weighted by molar-refractivity contribution is -0.166. The number of carbonyl (C=O) groups excluding carboxylic acids is 2. The van der Waals surface area contributed by atoms with Crippen molar-refractivity contribution in [3.63, 3.8) is 0 Å². The fourth-order valence-electron chi connectivity index (χ4n) is 2.40. The van der Waals surface area contributed by atoms with Crippen LogP contribution in [-0.2, 0) is 4.79 Å². The van der Waals surface area contributed by atoms with Gasteiger partial charge in [0, 0.05) is 6.54 Å². The number of hydrogen-bond acceptors (Lipinski definition) is 4. The average Bonchev–Trinajstić information content (AvgIpc) is 2.59. The minimum absolute atomic E-state index is 0.0309. The number of nitrogens with one attached hydrogen (secondary N) is 1. The molecule has 0 radical (unpaired) electrons. The Morgan fingerprint density at radius 2 is 1.92 bits per heavy atom. The predicted molar refractivity (Wildman–Crippen MR) is 90.0 cm³/mol. The molecule has 128 valence electrons. The maximum atomic E-state index is 12.3. The summed E-state index contributed by atoms with van der Waals surface area (Å²) in [4.78, 5) is 22.9. The van der Waals surface area contributed by atoms with Gasteiger partial charge in [-0.05, 0) is 35.4 Å². The molecule has 2 aromatic rings. The van der Waals surface area contributed by atoms with Gasteiger partial charge >= 0.3 is 6.03 Å². The molecule has 2 aromatic carbocycles. The van der Waals surface area contributed by atoms with E-state index in [1.165, 1.54) is 0 Å². The van der Waals surface area contributed by atoms with Crippen LogP contribution in [0.3, 0.4) is 0 Å². The van der Waals surface area contributed by atoms with Crippen molar-refractivity contribution >= 4 is 22.7 Å². The number of hydroxylamine groups is 2. The zero-order valence-electron chi connectivity index (χ0n) is 13.7. The Morgan fingerprint density at radius 1 is 1.25 bits per heavy atom. The van der Waals surface area contributed by atoms with Gasteiger partial charge in [0.25, 0.3) is 5.91 Å². The highest BCUT2D eigenvalue weighted by atomic mass is 16.5. The predicted octanol–water partition coefficient (Wildman–Crippen LogP) is 1.84. The molecule has 0 aliphatic rings. The number of benzene rings is 2. The van der Waals surface area contributed by atoms with Gasteiger partial charge in [0.1, 0.15) is 5.75 Å². The van der Waals surface area contributed by atoms with Crippen molar-refractivity contribution in [3.8, 4) is 5.75 Å². The molecule has 4 N–H and O–H groups in total. The fourth-order valence-corrected chi connectivity index (χ4v) is 2.40. The lowest BCUT2D eigenvalue weighted by Gasteiger charge is -2.20. The van der Waals surface area contributed by atoms with E-state index in [9.17, 15) is 14.8 Å². The standard InChI is InChI=1S/C17H21N3O4/c1-11(16(21)20(23)8-7-19-17(18)22)12-3-4-14-10-15(24-2)6-5-13(14)9-12/h3-6,9-11,23H,7-8H2,1-2H3,(H3,18,19,22). The molecule has 1 atom stereocenters. The first-order valence-corrected chi connectivity index (χ1v) is 7.53. The van der Waals surface area contributed by atoms with Gasteiger partial charge in [0.15, 0.2) is 0 Å². The summed E-state index contributed by atoms with van der Waals surface area (Å²) in [5, 5.41) is 14.7. The Bertz CT molecular complexity index is 748. The van der Waals surface area contributed by atoms with Crippen molar-refractivity contribution in [2.24, 2.45) is 5.73 Å². The Balaban J connectivity index is 2.10. The van der Waals surface area contributed by atoms with Gasteiger partial charge in [-0.15, -0.1) is 0 Å². The highest BCUT2D eigenvalue weighted by Crippen LogP contribution is 2.25. The topological polar surface area (TPSA) is 105 Å². The molecule has 7 nitrogen and oxygen atoms in total. The van der Waals surface area contributed by atoms with Crippen molar-refractivity contribution < 1.29 is 19.5 Å². The first kappa shape index (κ1) is 17.6. The number of carbonyl (C=O) groups is 2. The monoisotopic (exact) mass is 331 g/mol. The van der Waals surface area contributed by atoms with E-state index < -0.39 is 17.9 Å². The van der Waals surface area contributed by atoms with Gasteiger partial charge in [0.05, 0.1) is 19.6 Å². The summed E-state index contributed by atoms with van der Waals surface area (Å²) in [7, 11) is 1.61.